The molecule has 0 spiro atoms. The van der Waals surface area contributed by atoms with Crippen LogP contribution in [0, 0.1) is 12.3 Å². The first kappa shape index (κ1) is 10.6. The number of halogens is 3. The summed E-state index contributed by atoms with van der Waals surface area (Å²) in [6.07, 6.45) is 0.706. The number of rotatable bonds is 1. The Labute approximate surface area is 90.5 Å². The van der Waals surface area contributed by atoms with Gasteiger partial charge >= 0.3 is 6.18 Å². The number of para-hydroxylation sites is 1. The van der Waals surface area contributed by atoms with Crippen molar-refractivity contribution in [2.24, 2.45) is 0 Å². The molecule has 0 atom stereocenters. The lowest BCUT2D eigenvalue weighted by atomic mass is 10.2. The molecule has 2 aromatic rings. The zero-order valence-electron chi connectivity index (χ0n) is 8.25. The van der Waals surface area contributed by atoms with Crippen LogP contribution in [0.3, 0.4) is 0 Å². The smallest absolute Gasteiger partial charge is 0.325 e. The van der Waals surface area contributed by atoms with Crippen molar-refractivity contribution in [3.8, 4) is 12.3 Å². The van der Waals surface area contributed by atoms with Gasteiger partial charge in [0.1, 0.15) is 5.69 Å². The lowest BCUT2D eigenvalue weighted by Crippen LogP contribution is -2.12. The van der Waals surface area contributed by atoms with E-state index in [2.05, 4.69) is 5.92 Å². The maximum Gasteiger partial charge on any atom is 0.431 e. The minimum Gasteiger partial charge on any atom is -0.325 e. The quantitative estimate of drug-likeness (QED) is 0.654. The molecule has 2 rings (SSSR count). The Bertz CT molecular complexity index is 558. The summed E-state index contributed by atoms with van der Waals surface area (Å²) >= 11 is 0. The molecule has 1 aromatic carbocycles. The van der Waals surface area contributed by atoms with Crippen LogP contribution >= 0.6 is 0 Å². The largest absolute Gasteiger partial charge is 0.431 e. The molecule has 1 aromatic heterocycles. The van der Waals surface area contributed by atoms with Gasteiger partial charge in [-0.2, -0.15) is 13.2 Å². The molecule has 1 heterocycles. The van der Waals surface area contributed by atoms with Crippen LogP contribution in [-0.4, -0.2) is 4.57 Å². The molecule has 0 bridgehead atoms. The first-order valence-electron chi connectivity index (χ1n) is 4.63. The van der Waals surface area contributed by atoms with Crippen molar-refractivity contribution >= 4 is 10.9 Å². The van der Waals surface area contributed by atoms with Gasteiger partial charge in [0.05, 0.1) is 6.54 Å². The lowest BCUT2D eigenvalue weighted by molar-refractivity contribution is -0.143. The van der Waals surface area contributed by atoms with E-state index >= 15 is 0 Å². The van der Waals surface area contributed by atoms with E-state index in [1.54, 1.807) is 24.3 Å². The van der Waals surface area contributed by atoms with E-state index in [9.17, 15) is 13.2 Å². The number of benzene rings is 1. The summed E-state index contributed by atoms with van der Waals surface area (Å²) in [6, 6.07) is 7.77. The van der Waals surface area contributed by atoms with Crippen LogP contribution in [0.2, 0.25) is 0 Å². The van der Waals surface area contributed by atoms with Gasteiger partial charge < -0.3 is 4.57 Å². The van der Waals surface area contributed by atoms with Crippen molar-refractivity contribution in [2.75, 3.05) is 0 Å². The molecule has 0 fully saturated rings. The topological polar surface area (TPSA) is 4.93 Å². The summed E-state index contributed by atoms with van der Waals surface area (Å²) in [4.78, 5) is 0. The molecular formula is C12H8F3N. The van der Waals surface area contributed by atoms with Gasteiger partial charge in [-0.15, -0.1) is 6.42 Å². The highest BCUT2D eigenvalue weighted by Gasteiger charge is 2.35. The number of fused-ring (bicyclic) bond motifs is 1. The normalized spacial score (nSPS) is 11.6. The second-order valence-corrected chi connectivity index (χ2v) is 3.38. The minimum absolute atomic E-state index is 0.0810. The highest BCUT2D eigenvalue weighted by molar-refractivity contribution is 5.81. The first-order valence-corrected chi connectivity index (χ1v) is 4.63. The zero-order valence-corrected chi connectivity index (χ0v) is 8.25. The van der Waals surface area contributed by atoms with E-state index in [1.165, 1.54) is 0 Å². The summed E-state index contributed by atoms with van der Waals surface area (Å²) in [7, 11) is 0. The molecule has 0 amide bonds. The molecule has 1 nitrogen and oxygen atoms in total. The first-order chi connectivity index (χ1) is 7.54. The molecule has 0 N–H and O–H groups in total. The molecule has 0 aliphatic carbocycles. The third-order valence-corrected chi connectivity index (χ3v) is 2.35. The number of terminal acetylenes is 1. The van der Waals surface area contributed by atoms with E-state index in [-0.39, 0.29) is 6.54 Å². The number of nitrogens with zero attached hydrogens (tertiary/aromatic N) is 1. The van der Waals surface area contributed by atoms with Crippen molar-refractivity contribution in [1.29, 1.82) is 0 Å². The molecule has 0 radical (unpaired) electrons. The Hall–Kier alpha value is -1.89. The van der Waals surface area contributed by atoms with E-state index in [4.69, 9.17) is 6.42 Å². The number of hydrogen-bond acceptors (Lipinski definition) is 0. The average Bonchev–Trinajstić information content (AvgIpc) is 2.58. The number of aromatic nitrogens is 1. The Balaban J connectivity index is 2.74. The molecule has 0 saturated heterocycles. The van der Waals surface area contributed by atoms with Crippen LogP contribution in [0.25, 0.3) is 10.9 Å². The number of hydrogen-bond donors (Lipinski definition) is 0. The molecule has 0 unspecified atom stereocenters. The van der Waals surface area contributed by atoms with Crippen molar-refractivity contribution in [2.45, 2.75) is 12.7 Å². The summed E-state index contributed by atoms with van der Waals surface area (Å²) < 4.78 is 39.3. The predicted molar refractivity (Wildman–Crippen MR) is 55.8 cm³/mol. The molecule has 0 aliphatic heterocycles. The van der Waals surface area contributed by atoms with Crippen molar-refractivity contribution in [1.82, 2.24) is 4.57 Å². The molecule has 82 valence electrons. The SMILES string of the molecule is C#CCn1c(C(F)(F)F)cc2ccccc21. The summed E-state index contributed by atoms with van der Waals surface area (Å²) in [6.45, 7) is -0.0810. The second-order valence-electron chi connectivity index (χ2n) is 3.38. The van der Waals surface area contributed by atoms with E-state index in [0.29, 0.717) is 10.9 Å². The van der Waals surface area contributed by atoms with E-state index in [1.807, 2.05) is 0 Å². The molecule has 0 aliphatic rings. The van der Waals surface area contributed by atoms with Crippen LogP contribution < -0.4 is 0 Å². The third-order valence-electron chi connectivity index (χ3n) is 2.35. The maximum absolute atomic E-state index is 12.7. The van der Waals surface area contributed by atoms with Gasteiger partial charge in [0.2, 0.25) is 0 Å². The Morgan fingerprint density at radius 1 is 1.25 bits per heavy atom. The number of alkyl halides is 3. The van der Waals surface area contributed by atoms with Crippen LogP contribution in [0.15, 0.2) is 30.3 Å². The molecular weight excluding hydrogens is 215 g/mol. The molecule has 4 heteroatoms. The fourth-order valence-corrected chi connectivity index (χ4v) is 1.71. The zero-order chi connectivity index (χ0) is 11.8. The second kappa shape index (κ2) is 3.60. The Kier molecular flexibility index (Phi) is 2.39. The van der Waals surface area contributed by atoms with E-state index < -0.39 is 11.9 Å². The van der Waals surface area contributed by atoms with Crippen LogP contribution in [-0.2, 0) is 12.7 Å². The Morgan fingerprint density at radius 2 is 1.94 bits per heavy atom. The average molecular weight is 223 g/mol. The van der Waals surface area contributed by atoms with Gasteiger partial charge in [-0.1, -0.05) is 24.1 Å². The maximum atomic E-state index is 12.7. The highest BCUT2D eigenvalue weighted by Crippen LogP contribution is 2.33. The van der Waals surface area contributed by atoms with Gasteiger partial charge in [0.25, 0.3) is 0 Å². The van der Waals surface area contributed by atoms with Gasteiger partial charge in [-0.3, -0.25) is 0 Å². The van der Waals surface area contributed by atoms with Crippen LogP contribution in [0.5, 0.6) is 0 Å². The van der Waals surface area contributed by atoms with Crippen LogP contribution in [0.1, 0.15) is 5.69 Å². The molecule has 16 heavy (non-hydrogen) atoms. The lowest BCUT2D eigenvalue weighted by Gasteiger charge is -2.09. The van der Waals surface area contributed by atoms with Crippen molar-refractivity contribution in [3.63, 3.8) is 0 Å². The predicted octanol–water partition coefficient (Wildman–Crippen LogP) is 3.29. The fraction of sp³-hybridized carbons (Fsp3) is 0.167. The van der Waals surface area contributed by atoms with E-state index in [0.717, 1.165) is 10.6 Å². The van der Waals surface area contributed by atoms with Gasteiger partial charge in [0, 0.05) is 10.9 Å². The van der Waals surface area contributed by atoms with Gasteiger partial charge in [0.15, 0.2) is 0 Å². The van der Waals surface area contributed by atoms with Gasteiger partial charge in [-0.25, -0.2) is 0 Å². The van der Waals surface area contributed by atoms with Crippen molar-refractivity contribution < 1.29 is 13.2 Å². The van der Waals surface area contributed by atoms with Gasteiger partial charge in [-0.05, 0) is 12.1 Å². The standard InChI is InChI=1S/C12H8F3N/c1-2-7-16-10-6-4-3-5-9(10)8-11(16)12(13,14)15/h1,3-6,8H,7H2. The van der Waals surface area contributed by atoms with Crippen molar-refractivity contribution in [3.05, 3.63) is 36.0 Å². The molecule has 0 saturated carbocycles. The summed E-state index contributed by atoms with van der Waals surface area (Å²) in [5, 5.41) is 0.546. The monoisotopic (exact) mass is 223 g/mol. The summed E-state index contributed by atoms with van der Waals surface area (Å²) in [5.41, 5.74) is -0.195. The fourth-order valence-electron chi connectivity index (χ4n) is 1.71. The minimum atomic E-state index is -4.38. The summed E-state index contributed by atoms with van der Waals surface area (Å²) in [5.74, 6) is 2.24. The van der Waals surface area contributed by atoms with Crippen LogP contribution in [0.4, 0.5) is 13.2 Å². The third kappa shape index (κ3) is 1.65. The highest BCUT2D eigenvalue weighted by atomic mass is 19.4. The Morgan fingerprint density at radius 3 is 2.56 bits per heavy atom.